The first-order valence-electron chi connectivity index (χ1n) is 7.61. The highest BCUT2D eigenvalue weighted by Crippen LogP contribution is 2.42. The van der Waals surface area contributed by atoms with Crippen LogP contribution in [0.25, 0.3) is 0 Å². The molecule has 2 aromatic rings. The Balaban J connectivity index is 1.82. The third-order valence-corrected chi connectivity index (χ3v) is 4.80. The average Bonchev–Trinajstić information content (AvgIpc) is 3.17. The Morgan fingerprint density at radius 3 is 2.83 bits per heavy atom. The second-order valence-electron chi connectivity index (χ2n) is 6.05. The van der Waals surface area contributed by atoms with E-state index in [9.17, 15) is 9.18 Å². The Morgan fingerprint density at radius 1 is 1.43 bits per heavy atom. The van der Waals surface area contributed by atoms with Crippen molar-refractivity contribution in [1.82, 2.24) is 20.3 Å². The van der Waals surface area contributed by atoms with Crippen LogP contribution in [0.1, 0.15) is 41.7 Å². The Labute approximate surface area is 138 Å². The van der Waals surface area contributed by atoms with Crippen molar-refractivity contribution in [3.8, 4) is 0 Å². The number of aryl methyl sites for hydroxylation is 1. The van der Waals surface area contributed by atoms with E-state index in [1.54, 1.807) is 31.4 Å². The van der Waals surface area contributed by atoms with E-state index in [0.717, 1.165) is 25.7 Å². The zero-order valence-corrected chi connectivity index (χ0v) is 13.6. The van der Waals surface area contributed by atoms with E-state index in [4.69, 9.17) is 11.6 Å². The van der Waals surface area contributed by atoms with E-state index >= 15 is 0 Å². The summed E-state index contributed by atoms with van der Waals surface area (Å²) in [5, 5.41) is 10.5. The molecule has 1 N–H and O–H groups in total. The Kier molecular flexibility index (Phi) is 4.35. The molecule has 0 saturated heterocycles. The summed E-state index contributed by atoms with van der Waals surface area (Å²) < 4.78 is 15.9. The maximum Gasteiger partial charge on any atom is 0.273 e. The second-order valence-corrected chi connectivity index (χ2v) is 6.46. The van der Waals surface area contributed by atoms with E-state index in [-0.39, 0.29) is 22.4 Å². The summed E-state index contributed by atoms with van der Waals surface area (Å²) in [5.74, 6) is -0.684. The number of benzene rings is 1. The SMILES string of the molecule is Cn1cc(C(=O)NCC2(c3cccc(Cl)c3F)CCCC2)nn1. The van der Waals surface area contributed by atoms with E-state index in [1.165, 1.54) is 4.68 Å². The number of aromatic nitrogens is 3. The third-order valence-electron chi connectivity index (χ3n) is 4.51. The molecule has 1 amide bonds. The number of nitrogens with one attached hydrogen (secondary N) is 1. The minimum Gasteiger partial charge on any atom is -0.350 e. The molecule has 1 saturated carbocycles. The fraction of sp³-hybridized carbons (Fsp3) is 0.438. The molecule has 3 rings (SSSR count). The van der Waals surface area contributed by atoms with Crippen molar-refractivity contribution in [3.05, 3.63) is 46.5 Å². The maximum atomic E-state index is 14.5. The van der Waals surface area contributed by atoms with E-state index in [1.807, 2.05) is 0 Å². The summed E-state index contributed by atoms with van der Waals surface area (Å²) in [6.07, 6.45) is 5.21. The van der Waals surface area contributed by atoms with Crippen LogP contribution in [-0.4, -0.2) is 27.4 Å². The largest absolute Gasteiger partial charge is 0.350 e. The Hall–Kier alpha value is -1.95. The van der Waals surface area contributed by atoms with Gasteiger partial charge in [-0.05, 0) is 24.5 Å². The minimum atomic E-state index is -0.410. The quantitative estimate of drug-likeness (QED) is 0.934. The predicted molar refractivity (Wildman–Crippen MR) is 84.9 cm³/mol. The van der Waals surface area contributed by atoms with Gasteiger partial charge in [0.05, 0.1) is 11.2 Å². The molecule has 0 spiro atoms. The molecule has 1 aromatic heterocycles. The lowest BCUT2D eigenvalue weighted by molar-refractivity contribution is 0.0937. The van der Waals surface area contributed by atoms with Gasteiger partial charge in [-0.2, -0.15) is 0 Å². The number of hydrogen-bond acceptors (Lipinski definition) is 3. The molecule has 1 heterocycles. The van der Waals surface area contributed by atoms with Gasteiger partial charge in [0.1, 0.15) is 5.82 Å². The molecule has 1 aliphatic rings. The van der Waals surface area contributed by atoms with Gasteiger partial charge in [-0.15, -0.1) is 5.10 Å². The summed E-state index contributed by atoms with van der Waals surface area (Å²) >= 11 is 5.93. The van der Waals surface area contributed by atoms with Crippen LogP contribution in [0.2, 0.25) is 5.02 Å². The maximum absolute atomic E-state index is 14.5. The molecule has 0 radical (unpaired) electrons. The second kappa shape index (κ2) is 6.28. The first kappa shape index (κ1) is 15.9. The van der Waals surface area contributed by atoms with E-state index in [0.29, 0.717) is 12.1 Å². The number of carbonyl (C=O) groups excluding carboxylic acids is 1. The summed E-state index contributed by atoms with van der Waals surface area (Å²) in [7, 11) is 1.70. The van der Waals surface area contributed by atoms with Crippen LogP contribution in [0.3, 0.4) is 0 Å². The molecular formula is C16H18ClFN4O. The minimum absolute atomic E-state index is 0.119. The highest BCUT2D eigenvalue weighted by molar-refractivity contribution is 6.30. The van der Waals surface area contributed by atoms with Crippen LogP contribution in [0.4, 0.5) is 4.39 Å². The normalized spacial score (nSPS) is 16.5. The lowest BCUT2D eigenvalue weighted by Gasteiger charge is -2.30. The molecule has 1 aliphatic carbocycles. The van der Waals surface area contributed by atoms with Gasteiger partial charge < -0.3 is 5.32 Å². The summed E-state index contributed by atoms with van der Waals surface area (Å²) in [6, 6.07) is 5.06. The molecule has 0 aliphatic heterocycles. The summed E-state index contributed by atoms with van der Waals surface area (Å²) in [5.41, 5.74) is 0.432. The number of hydrogen-bond donors (Lipinski definition) is 1. The number of nitrogens with zero attached hydrogens (tertiary/aromatic N) is 3. The van der Waals surface area contributed by atoms with Crippen LogP contribution in [-0.2, 0) is 12.5 Å². The summed E-state index contributed by atoms with van der Waals surface area (Å²) in [6.45, 7) is 0.361. The fourth-order valence-electron chi connectivity index (χ4n) is 3.30. The highest BCUT2D eigenvalue weighted by Gasteiger charge is 2.38. The van der Waals surface area contributed by atoms with Gasteiger partial charge >= 0.3 is 0 Å². The Bertz CT molecular complexity index is 725. The van der Waals surface area contributed by atoms with Gasteiger partial charge in [0.25, 0.3) is 5.91 Å². The first-order valence-corrected chi connectivity index (χ1v) is 7.99. The van der Waals surface area contributed by atoms with Crippen LogP contribution in [0, 0.1) is 5.82 Å². The Morgan fingerprint density at radius 2 is 2.17 bits per heavy atom. The van der Waals surface area contributed by atoms with Gasteiger partial charge in [-0.1, -0.05) is 41.8 Å². The highest BCUT2D eigenvalue weighted by atomic mass is 35.5. The van der Waals surface area contributed by atoms with Crippen molar-refractivity contribution in [2.45, 2.75) is 31.1 Å². The van der Waals surface area contributed by atoms with Gasteiger partial charge in [0.2, 0.25) is 0 Å². The number of carbonyl (C=O) groups is 1. The third kappa shape index (κ3) is 3.08. The number of halogens is 2. The molecule has 1 fully saturated rings. The topological polar surface area (TPSA) is 59.8 Å². The van der Waals surface area contributed by atoms with Crippen LogP contribution in [0.15, 0.2) is 24.4 Å². The molecular weight excluding hydrogens is 319 g/mol. The lowest BCUT2D eigenvalue weighted by atomic mass is 9.78. The van der Waals surface area contributed by atoms with Gasteiger partial charge in [-0.3, -0.25) is 9.48 Å². The van der Waals surface area contributed by atoms with Crippen LogP contribution >= 0.6 is 11.6 Å². The average molecular weight is 337 g/mol. The molecule has 5 nitrogen and oxygen atoms in total. The standard InChI is InChI=1S/C16H18ClFN4O/c1-22-9-13(20-21-22)15(23)19-10-16(7-2-3-8-16)11-5-4-6-12(17)14(11)18/h4-6,9H,2-3,7-8,10H2,1H3,(H,19,23). The molecule has 7 heteroatoms. The van der Waals surface area contributed by atoms with Crippen molar-refractivity contribution in [1.29, 1.82) is 0 Å². The molecule has 1 aromatic carbocycles. The van der Waals surface area contributed by atoms with Gasteiger partial charge in [0, 0.05) is 19.0 Å². The molecule has 23 heavy (non-hydrogen) atoms. The fourth-order valence-corrected chi connectivity index (χ4v) is 3.47. The van der Waals surface area contributed by atoms with Crippen molar-refractivity contribution < 1.29 is 9.18 Å². The number of amides is 1. The van der Waals surface area contributed by atoms with Gasteiger partial charge in [0.15, 0.2) is 5.69 Å². The zero-order valence-electron chi connectivity index (χ0n) is 12.9. The zero-order chi connectivity index (χ0) is 16.4. The van der Waals surface area contributed by atoms with Crippen molar-refractivity contribution in [2.75, 3.05) is 6.54 Å². The van der Waals surface area contributed by atoms with Crippen molar-refractivity contribution in [3.63, 3.8) is 0 Å². The van der Waals surface area contributed by atoms with E-state index < -0.39 is 5.41 Å². The molecule has 122 valence electrons. The smallest absolute Gasteiger partial charge is 0.273 e. The molecule has 0 bridgehead atoms. The van der Waals surface area contributed by atoms with Crippen molar-refractivity contribution in [2.24, 2.45) is 7.05 Å². The first-order chi connectivity index (χ1) is 11.0. The van der Waals surface area contributed by atoms with E-state index in [2.05, 4.69) is 15.6 Å². The van der Waals surface area contributed by atoms with Crippen LogP contribution in [0.5, 0.6) is 0 Å². The molecule has 0 unspecified atom stereocenters. The summed E-state index contributed by atoms with van der Waals surface area (Å²) in [4.78, 5) is 12.2. The van der Waals surface area contributed by atoms with Crippen LogP contribution < -0.4 is 5.32 Å². The number of rotatable bonds is 4. The molecule has 0 atom stereocenters. The van der Waals surface area contributed by atoms with Gasteiger partial charge in [-0.25, -0.2) is 4.39 Å². The lowest BCUT2D eigenvalue weighted by Crippen LogP contribution is -2.39. The van der Waals surface area contributed by atoms with Crippen molar-refractivity contribution >= 4 is 17.5 Å². The monoisotopic (exact) mass is 336 g/mol. The predicted octanol–water partition coefficient (Wildman–Crippen LogP) is 2.85.